The number of piperidine rings is 1. The second kappa shape index (κ2) is 10.3. The highest BCUT2D eigenvalue weighted by atomic mass is 15.2. The minimum atomic E-state index is 0.762. The fourth-order valence-electron chi connectivity index (χ4n) is 3.96. The third kappa shape index (κ3) is 5.60. The summed E-state index contributed by atoms with van der Waals surface area (Å²) in [6, 6.07) is 15.0. The first-order valence-corrected chi connectivity index (χ1v) is 11.0. The van der Waals surface area contributed by atoms with Crippen molar-refractivity contribution in [2.45, 2.75) is 38.8 Å². The number of hydrogen-bond acceptors (Lipinski definition) is 3. The predicted molar refractivity (Wildman–Crippen MR) is 123 cm³/mol. The van der Waals surface area contributed by atoms with Crippen molar-refractivity contribution >= 4 is 11.6 Å². The Morgan fingerprint density at radius 3 is 2.57 bits per heavy atom. The average molecular weight is 405 g/mol. The molecule has 0 spiro atoms. The van der Waals surface area contributed by atoms with Crippen LogP contribution in [0.5, 0.6) is 0 Å². The molecular formula is C24H32N6. The van der Waals surface area contributed by atoms with E-state index >= 15 is 0 Å². The van der Waals surface area contributed by atoms with Gasteiger partial charge in [0.2, 0.25) is 0 Å². The van der Waals surface area contributed by atoms with E-state index < -0.39 is 0 Å². The van der Waals surface area contributed by atoms with E-state index in [-0.39, 0.29) is 0 Å². The number of aromatic nitrogens is 2. The molecule has 4 rings (SSSR count). The van der Waals surface area contributed by atoms with Crippen LogP contribution in [-0.4, -0.2) is 46.9 Å². The normalized spacial score (nSPS) is 15.4. The van der Waals surface area contributed by atoms with Gasteiger partial charge >= 0.3 is 0 Å². The summed E-state index contributed by atoms with van der Waals surface area (Å²) in [6.07, 6.45) is 9.02. The monoisotopic (exact) mass is 404 g/mol. The van der Waals surface area contributed by atoms with Crippen LogP contribution in [0.4, 0.5) is 0 Å². The summed E-state index contributed by atoms with van der Waals surface area (Å²) in [7, 11) is 1.81. The van der Waals surface area contributed by atoms with E-state index in [1.807, 2.05) is 31.4 Å². The molecule has 0 radical (unpaired) electrons. The molecule has 2 N–H and O–H groups in total. The maximum atomic E-state index is 4.64. The number of nitrogens with one attached hydrogen (secondary N) is 2. The summed E-state index contributed by atoms with van der Waals surface area (Å²) in [4.78, 5) is 11.5. The van der Waals surface area contributed by atoms with E-state index in [1.54, 1.807) is 0 Å². The molecule has 1 aliphatic heterocycles. The van der Waals surface area contributed by atoms with Gasteiger partial charge in [-0.25, -0.2) is 4.98 Å². The number of guanidine groups is 1. The first kappa shape index (κ1) is 20.4. The van der Waals surface area contributed by atoms with E-state index in [0.29, 0.717) is 0 Å². The molecule has 0 saturated carbocycles. The molecule has 2 aromatic heterocycles. The molecule has 0 amide bonds. The van der Waals surface area contributed by atoms with Gasteiger partial charge in [0.25, 0.3) is 0 Å². The third-order valence-electron chi connectivity index (χ3n) is 5.65. The number of hydrogen-bond donors (Lipinski definition) is 2. The lowest BCUT2D eigenvalue weighted by Crippen LogP contribution is -2.37. The van der Waals surface area contributed by atoms with Crippen molar-refractivity contribution in [1.29, 1.82) is 0 Å². The summed E-state index contributed by atoms with van der Waals surface area (Å²) in [6.45, 7) is 5.09. The minimum absolute atomic E-state index is 0.762. The van der Waals surface area contributed by atoms with Gasteiger partial charge in [0.15, 0.2) is 5.96 Å². The van der Waals surface area contributed by atoms with Crippen LogP contribution >= 0.6 is 0 Å². The van der Waals surface area contributed by atoms with Gasteiger partial charge < -0.3 is 15.0 Å². The number of imidazole rings is 1. The number of fused-ring (bicyclic) bond motifs is 1. The van der Waals surface area contributed by atoms with E-state index in [2.05, 4.69) is 60.4 Å². The molecule has 1 saturated heterocycles. The highest BCUT2D eigenvalue weighted by Crippen LogP contribution is 2.13. The Morgan fingerprint density at radius 1 is 1.00 bits per heavy atom. The maximum absolute atomic E-state index is 4.64. The molecule has 158 valence electrons. The molecule has 0 aliphatic carbocycles. The standard InChI is InChI=1S/C24H32N6/c1-25-24(26-13-12-22-19-30-16-6-3-7-23(30)28-22)27-17-20-8-10-21(11-9-20)18-29-14-4-2-5-15-29/h3,6-11,16,19H,2,4-5,12-15,17-18H2,1H3,(H2,25,26,27). The molecule has 6 heteroatoms. The smallest absolute Gasteiger partial charge is 0.191 e. The zero-order chi connectivity index (χ0) is 20.6. The van der Waals surface area contributed by atoms with Crippen molar-refractivity contribution in [3.8, 4) is 0 Å². The van der Waals surface area contributed by atoms with E-state index in [9.17, 15) is 0 Å². The summed E-state index contributed by atoms with van der Waals surface area (Å²) in [5.41, 5.74) is 4.73. The predicted octanol–water partition coefficient (Wildman–Crippen LogP) is 3.23. The van der Waals surface area contributed by atoms with Gasteiger partial charge in [-0.2, -0.15) is 0 Å². The number of aliphatic imine (C=N–C) groups is 1. The van der Waals surface area contributed by atoms with Gasteiger partial charge in [0.05, 0.1) is 5.69 Å². The fourth-order valence-corrected chi connectivity index (χ4v) is 3.96. The molecule has 0 unspecified atom stereocenters. The zero-order valence-corrected chi connectivity index (χ0v) is 17.8. The Balaban J connectivity index is 1.21. The van der Waals surface area contributed by atoms with Crippen LogP contribution in [0.2, 0.25) is 0 Å². The second-order valence-electron chi connectivity index (χ2n) is 7.95. The number of nitrogens with zero attached hydrogens (tertiary/aromatic N) is 4. The molecule has 3 aromatic rings. The first-order valence-electron chi connectivity index (χ1n) is 11.0. The van der Waals surface area contributed by atoms with E-state index in [1.165, 1.54) is 43.5 Å². The molecule has 1 fully saturated rings. The molecule has 1 aliphatic rings. The number of likely N-dealkylation sites (tertiary alicyclic amines) is 1. The topological polar surface area (TPSA) is 57.0 Å². The Labute approximate surface area is 179 Å². The van der Waals surface area contributed by atoms with Crippen LogP contribution < -0.4 is 10.6 Å². The summed E-state index contributed by atoms with van der Waals surface area (Å²) in [5.74, 6) is 0.816. The van der Waals surface area contributed by atoms with Crippen LogP contribution in [0.15, 0.2) is 59.9 Å². The van der Waals surface area contributed by atoms with Gasteiger partial charge in [-0.3, -0.25) is 9.89 Å². The van der Waals surface area contributed by atoms with Crippen molar-refractivity contribution in [3.05, 3.63) is 71.7 Å². The second-order valence-corrected chi connectivity index (χ2v) is 7.95. The molecule has 1 aromatic carbocycles. The Morgan fingerprint density at radius 2 is 1.80 bits per heavy atom. The van der Waals surface area contributed by atoms with Gasteiger partial charge in [0.1, 0.15) is 5.65 Å². The molecule has 30 heavy (non-hydrogen) atoms. The lowest BCUT2D eigenvalue weighted by molar-refractivity contribution is 0.221. The van der Waals surface area contributed by atoms with Gasteiger partial charge in [-0.1, -0.05) is 36.8 Å². The Bertz CT molecular complexity index is 920. The molecule has 3 heterocycles. The number of rotatable bonds is 7. The first-order chi connectivity index (χ1) is 14.8. The average Bonchev–Trinajstić information content (AvgIpc) is 3.21. The van der Waals surface area contributed by atoms with E-state index in [0.717, 1.165) is 43.4 Å². The lowest BCUT2D eigenvalue weighted by Gasteiger charge is -2.26. The fraction of sp³-hybridized carbons (Fsp3) is 0.417. The minimum Gasteiger partial charge on any atom is -0.356 e. The van der Waals surface area contributed by atoms with Crippen LogP contribution in [0, 0.1) is 0 Å². The van der Waals surface area contributed by atoms with Gasteiger partial charge in [-0.05, 0) is 49.2 Å². The molecule has 0 bridgehead atoms. The summed E-state index contributed by atoms with van der Waals surface area (Å²) >= 11 is 0. The van der Waals surface area contributed by atoms with Crippen molar-refractivity contribution in [1.82, 2.24) is 24.9 Å². The van der Waals surface area contributed by atoms with Crippen LogP contribution in [0.1, 0.15) is 36.1 Å². The largest absolute Gasteiger partial charge is 0.356 e. The highest BCUT2D eigenvalue weighted by Gasteiger charge is 2.10. The molecule has 6 nitrogen and oxygen atoms in total. The number of pyridine rings is 1. The molecule has 0 atom stereocenters. The van der Waals surface area contributed by atoms with Crippen LogP contribution in [-0.2, 0) is 19.5 Å². The SMILES string of the molecule is CN=C(NCCc1cn2ccccc2n1)NCc1ccc(CN2CCCCC2)cc1. The Hall–Kier alpha value is -2.86. The van der Waals surface area contributed by atoms with Crippen molar-refractivity contribution < 1.29 is 0 Å². The zero-order valence-electron chi connectivity index (χ0n) is 17.8. The summed E-state index contributed by atoms with van der Waals surface area (Å²) in [5, 5.41) is 6.78. The van der Waals surface area contributed by atoms with Gasteiger partial charge in [0, 0.05) is 45.5 Å². The van der Waals surface area contributed by atoms with E-state index in [4.69, 9.17) is 0 Å². The Kier molecular flexibility index (Phi) is 6.98. The van der Waals surface area contributed by atoms with Crippen LogP contribution in [0.3, 0.4) is 0 Å². The highest BCUT2D eigenvalue weighted by molar-refractivity contribution is 5.79. The lowest BCUT2D eigenvalue weighted by atomic mass is 10.1. The van der Waals surface area contributed by atoms with Crippen LogP contribution in [0.25, 0.3) is 5.65 Å². The number of benzene rings is 1. The quantitative estimate of drug-likeness (QED) is 0.469. The van der Waals surface area contributed by atoms with Crippen molar-refractivity contribution in [2.24, 2.45) is 4.99 Å². The molecular weight excluding hydrogens is 372 g/mol. The van der Waals surface area contributed by atoms with Gasteiger partial charge in [-0.15, -0.1) is 0 Å². The third-order valence-corrected chi connectivity index (χ3v) is 5.65. The van der Waals surface area contributed by atoms with Crippen molar-refractivity contribution in [3.63, 3.8) is 0 Å². The van der Waals surface area contributed by atoms with Crippen molar-refractivity contribution in [2.75, 3.05) is 26.7 Å². The maximum Gasteiger partial charge on any atom is 0.191 e. The summed E-state index contributed by atoms with van der Waals surface area (Å²) < 4.78 is 2.05.